The van der Waals surface area contributed by atoms with E-state index in [1.54, 1.807) is 4.90 Å². The number of nitrogens with zero attached hydrogens (tertiary/aromatic N) is 1. The summed E-state index contributed by atoms with van der Waals surface area (Å²) in [7, 11) is 0. The van der Waals surface area contributed by atoms with E-state index in [9.17, 15) is 9.59 Å². The Kier molecular flexibility index (Phi) is 4.21. The number of morpholine rings is 1. The van der Waals surface area contributed by atoms with Crippen LogP contribution in [-0.2, 0) is 9.53 Å². The predicted molar refractivity (Wildman–Crippen MR) is 86.0 cm³/mol. The third kappa shape index (κ3) is 3.14. The molecule has 2 unspecified atom stereocenters. The Bertz CT molecular complexity index is 633. The second-order valence-corrected chi connectivity index (χ2v) is 6.63. The van der Waals surface area contributed by atoms with E-state index in [2.05, 4.69) is 5.32 Å². The third-order valence-corrected chi connectivity index (χ3v) is 4.81. The van der Waals surface area contributed by atoms with Crippen LogP contribution in [0.2, 0.25) is 5.02 Å². The smallest absolute Gasteiger partial charge is 0.313 e. The molecular weight excluding hydrogens is 318 g/mol. The average molecular weight is 338 g/mol. The van der Waals surface area contributed by atoms with Gasteiger partial charge in [-0.1, -0.05) is 29.8 Å². The number of ether oxygens (including phenoxy) is 1. The number of amides is 3. The first-order valence-electron chi connectivity index (χ1n) is 7.68. The molecule has 0 aromatic heterocycles. The van der Waals surface area contributed by atoms with Gasteiger partial charge in [-0.15, -0.1) is 0 Å². The van der Waals surface area contributed by atoms with E-state index >= 15 is 0 Å². The molecule has 1 saturated heterocycles. The quantitative estimate of drug-likeness (QED) is 0.882. The van der Waals surface area contributed by atoms with Crippen LogP contribution in [0, 0.1) is 0 Å². The average Bonchev–Trinajstić information content (AvgIpc) is 3.28. The van der Waals surface area contributed by atoms with Crippen LogP contribution in [-0.4, -0.2) is 41.6 Å². The minimum Gasteiger partial charge on any atom is -0.369 e. The van der Waals surface area contributed by atoms with E-state index in [4.69, 9.17) is 22.1 Å². The number of benzene rings is 1. The van der Waals surface area contributed by atoms with Crippen molar-refractivity contribution in [2.75, 3.05) is 13.2 Å². The molecule has 124 valence electrons. The zero-order chi connectivity index (χ0) is 16.6. The lowest BCUT2D eigenvalue weighted by Gasteiger charge is -2.40. The zero-order valence-corrected chi connectivity index (χ0v) is 13.7. The second-order valence-electron chi connectivity index (χ2n) is 6.22. The summed E-state index contributed by atoms with van der Waals surface area (Å²) in [5.41, 5.74) is 5.23. The van der Waals surface area contributed by atoms with Gasteiger partial charge in [0.05, 0.1) is 19.2 Å². The van der Waals surface area contributed by atoms with E-state index in [1.165, 1.54) is 0 Å². The number of rotatable bonds is 3. The van der Waals surface area contributed by atoms with Gasteiger partial charge in [-0.3, -0.25) is 4.79 Å². The number of nitrogens with two attached hydrogens (primary N) is 1. The van der Waals surface area contributed by atoms with Crippen LogP contribution >= 0.6 is 11.6 Å². The Morgan fingerprint density at radius 3 is 2.70 bits per heavy atom. The molecule has 0 bridgehead atoms. The van der Waals surface area contributed by atoms with Crippen LogP contribution in [0.25, 0.3) is 0 Å². The number of hydrogen-bond acceptors (Lipinski definition) is 3. The van der Waals surface area contributed by atoms with E-state index < -0.39 is 11.6 Å². The van der Waals surface area contributed by atoms with E-state index in [0.29, 0.717) is 31.0 Å². The van der Waals surface area contributed by atoms with E-state index in [1.807, 2.05) is 31.2 Å². The first-order valence-corrected chi connectivity index (χ1v) is 8.05. The van der Waals surface area contributed by atoms with Gasteiger partial charge in [0.25, 0.3) is 0 Å². The molecule has 1 aromatic rings. The van der Waals surface area contributed by atoms with Crippen molar-refractivity contribution in [3.8, 4) is 0 Å². The van der Waals surface area contributed by atoms with Crippen molar-refractivity contribution in [2.45, 2.75) is 37.5 Å². The fourth-order valence-corrected chi connectivity index (χ4v) is 3.25. The Morgan fingerprint density at radius 1 is 1.39 bits per heavy atom. The Balaban J connectivity index is 1.78. The van der Waals surface area contributed by atoms with Crippen LogP contribution in [0.15, 0.2) is 24.3 Å². The number of hydrogen-bond donors (Lipinski definition) is 2. The van der Waals surface area contributed by atoms with Crippen molar-refractivity contribution in [3.05, 3.63) is 34.9 Å². The molecule has 2 fully saturated rings. The number of urea groups is 1. The zero-order valence-electron chi connectivity index (χ0n) is 12.9. The number of primary amides is 1. The molecule has 0 radical (unpaired) electrons. The van der Waals surface area contributed by atoms with Gasteiger partial charge in [-0.25, -0.2) is 4.79 Å². The molecule has 3 amide bonds. The number of nitrogens with one attached hydrogen (secondary N) is 1. The van der Waals surface area contributed by atoms with Gasteiger partial charge in [-0.05, 0) is 25.8 Å². The van der Waals surface area contributed by atoms with Gasteiger partial charge in [-0.2, -0.15) is 0 Å². The number of carbonyl (C=O) groups is 2. The highest BCUT2D eigenvalue weighted by molar-refractivity contribution is 6.31. The van der Waals surface area contributed by atoms with Crippen molar-refractivity contribution in [1.29, 1.82) is 0 Å². The summed E-state index contributed by atoms with van der Waals surface area (Å²) in [6.07, 6.45) is 0.971. The molecule has 3 rings (SSSR count). The molecule has 6 nitrogen and oxygen atoms in total. The van der Waals surface area contributed by atoms with Crippen molar-refractivity contribution >= 4 is 23.5 Å². The number of halogens is 1. The lowest BCUT2D eigenvalue weighted by atomic mass is 10.0. The minimum atomic E-state index is -0.831. The monoisotopic (exact) mass is 337 g/mol. The summed E-state index contributed by atoms with van der Waals surface area (Å²) in [6, 6.07) is 6.73. The summed E-state index contributed by atoms with van der Waals surface area (Å²) in [5.74, 6) is -0.0934. The van der Waals surface area contributed by atoms with Crippen molar-refractivity contribution in [2.24, 2.45) is 5.73 Å². The topological polar surface area (TPSA) is 84.7 Å². The predicted octanol–water partition coefficient (Wildman–Crippen LogP) is 1.83. The fourth-order valence-electron chi connectivity index (χ4n) is 2.99. The summed E-state index contributed by atoms with van der Waals surface area (Å²) in [4.78, 5) is 25.8. The molecule has 1 aromatic carbocycles. The van der Waals surface area contributed by atoms with Crippen molar-refractivity contribution < 1.29 is 14.3 Å². The normalized spacial score (nSPS) is 25.7. The highest BCUT2D eigenvalue weighted by Gasteiger charge is 2.54. The maximum atomic E-state index is 12.9. The molecule has 1 aliphatic heterocycles. The molecule has 7 heteroatoms. The van der Waals surface area contributed by atoms with E-state index in [0.717, 1.165) is 5.56 Å². The fraction of sp³-hybridized carbons (Fsp3) is 0.500. The van der Waals surface area contributed by atoms with Gasteiger partial charge < -0.3 is 20.7 Å². The largest absolute Gasteiger partial charge is 0.369 e. The SMILES string of the molecule is CC1COC(c2ccccc2Cl)CN1C(=O)C1(NC(N)=O)CC1. The van der Waals surface area contributed by atoms with Gasteiger partial charge in [0.2, 0.25) is 5.91 Å². The van der Waals surface area contributed by atoms with Gasteiger partial charge in [0.15, 0.2) is 0 Å². The summed E-state index contributed by atoms with van der Waals surface area (Å²) >= 11 is 6.24. The summed E-state index contributed by atoms with van der Waals surface area (Å²) in [6.45, 7) is 2.77. The molecule has 1 saturated carbocycles. The minimum absolute atomic E-state index is 0.0617. The summed E-state index contributed by atoms with van der Waals surface area (Å²) < 4.78 is 5.86. The first-order chi connectivity index (χ1) is 10.9. The van der Waals surface area contributed by atoms with Gasteiger partial charge in [0, 0.05) is 10.6 Å². The van der Waals surface area contributed by atoms with Crippen molar-refractivity contribution in [3.63, 3.8) is 0 Å². The first kappa shape index (κ1) is 16.1. The molecule has 23 heavy (non-hydrogen) atoms. The highest BCUT2D eigenvalue weighted by atomic mass is 35.5. The summed E-state index contributed by atoms with van der Waals surface area (Å²) in [5, 5.41) is 3.22. The molecular formula is C16H20ClN3O3. The van der Waals surface area contributed by atoms with E-state index in [-0.39, 0.29) is 18.1 Å². The molecule has 2 aliphatic rings. The van der Waals surface area contributed by atoms with Gasteiger partial charge >= 0.3 is 6.03 Å². The molecule has 2 atom stereocenters. The Morgan fingerprint density at radius 2 is 2.09 bits per heavy atom. The van der Waals surface area contributed by atoms with Crippen LogP contribution in [0.4, 0.5) is 4.79 Å². The molecule has 1 aliphatic carbocycles. The number of carbonyl (C=O) groups excluding carboxylic acids is 2. The van der Waals surface area contributed by atoms with Gasteiger partial charge in [0.1, 0.15) is 11.6 Å². The lowest BCUT2D eigenvalue weighted by molar-refractivity contribution is -0.147. The molecule has 1 heterocycles. The second kappa shape index (κ2) is 6.02. The Hall–Kier alpha value is -1.79. The highest BCUT2D eigenvalue weighted by Crippen LogP contribution is 2.39. The molecule has 3 N–H and O–H groups in total. The van der Waals surface area contributed by atoms with Crippen molar-refractivity contribution in [1.82, 2.24) is 10.2 Å². The van der Waals surface area contributed by atoms with Crippen LogP contribution in [0.3, 0.4) is 0 Å². The van der Waals surface area contributed by atoms with Crippen LogP contribution in [0.1, 0.15) is 31.4 Å². The maximum Gasteiger partial charge on any atom is 0.313 e. The third-order valence-electron chi connectivity index (χ3n) is 4.47. The maximum absolute atomic E-state index is 12.9. The molecule has 0 spiro atoms. The van der Waals surface area contributed by atoms with Crippen LogP contribution in [0.5, 0.6) is 0 Å². The lowest BCUT2D eigenvalue weighted by Crippen LogP contribution is -2.57. The standard InChI is InChI=1S/C16H20ClN3O3/c1-10-9-23-13(11-4-2-3-5-12(11)17)8-20(10)14(21)16(6-7-16)19-15(18)22/h2-5,10,13H,6-9H2,1H3,(H3,18,19,22). The van der Waals surface area contributed by atoms with Crippen LogP contribution < -0.4 is 11.1 Å². The Labute approximate surface area is 139 Å².